The zero-order valence-electron chi connectivity index (χ0n) is 22.4. The number of ether oxygens (including phenoxy) is 4. The molecule has 2 aliphatic heterocycles. The van der Waals surface area contributed by atoms with Crippen molar-refractivity contribution in [1.82, 2.24) is 9.80 Å². The van der Waals surface area contributed by atoms with Crippen molar-refractivity contribution in [2.75, 3.05) is 66.7 Å². The molecule has 0 spiro atoms. The number of cyclic esters (lactones) is 1. The van der Waals surface area contributed by atoms with Gasteiger partial charge in [-0.3, -0.25) is 14.6 Å². The maximum absolute atomic E-state index is 12.6. The number of carbonyl (C=O) groups excluding carboxylic acids is 2. The Hall–Kier alpha value is -3.06. The lowest BCUT2D eigenvalue weighted by Crippen LogP contribution is -2.47. The largest absolute Gasteiger partial charge is 0.496 e. The highest BCUT2D eigenvalue weighted by molar-refractivity contribution is 5.98. The van der Waals surface area contributed by atoms with Crippen LogP contribution in [0.5, 0.6) is 11.5 Å². The van der Waals surface area contributed by atoms with E-state index in [1.165, 1.54) is 7.11 Å². The minimum absolute atomic E-state index is 0.133. The third kappa shape index (κ3) is 7.48. The fraction of sp³-hybridized carbons (Fsp3) is 0.571. The molecular formula is C28H38N2O7. The first-order valence-electron chi connectivity index (χ1n) is 12.7. The normalized spacial score (nSPS) is 16.0. The topological polar surface area (TPSA) is 97.8 Å². The second-order valence-electron chi connectivity index (χ2n) is 9.21. The van der Waals surface area contributed by atoms with E-state index in [1.54, 1.807) is 7.11 Å². The van der Waals surface area contributed by atoms with E-state index >= 15 is 0 Å². The van der Waals surface area contributed by atoms with Gasteiger partial charge >= 0.3 is 11.9 Å². The van der Waals surface area contributed by atoms with Gasteiger partial charge in [0.25, 0.3) is 0 Å². The number of aliphatic hydroxyl groups is 1. The molecule has 0 atom stereocenters. The molecule has 37 heavy (non-hydrogen) atoms. The van der Waals surface area contributed by atoms with E-state index in [0.717, 1.165) is 48.4 Å². The van der Waals surface area contributed by atoms with Crippen molar-refractivity contribution in [3.63, 3.8) is 0 Å². The zero-order valence-corrected chi connectivity index (χ0v) is 22.4. The fourth-order valence-electron chi connectivity index (χ4n) is 4.59. The minimum atomic E-state index is -0.405. The Labute approximate surface area is 219 Å². The Morgan fingerprint density at radius 2 is 1.84 bits per heavy atom. The molecule has 0 saturated carbocycles. The maximum Gasteiger partial charge on any atom is 0.342 e. The van der Waals surface area contributed by atoms with E-state index in [1.807, 2.05) is 19.9 Å². The van der Waals surface area contributed by atoms with Crippen molar-refractivity contribution < 1.29 is 33.6 Å². The van der Waals surface area contributed by atoms with E-state index in [4.69, 9.17) is 24.1 Å². The lowest BCUT2D eigenvalue weighted by Gasteiger charge is -2.33. The first-order chi connectivity index (χ1) is 17.9. The Balaban J connectivity index is 1.74. The van der Waals surface area contributed by atoms with E-state index in [0.29, 0.717) is 49.4 Å². The number of allylic oxidation sites excluding steroid dienone is 2. The quantitative estimate of drug-likeness (QED) is 0.270. The molecule has 0 radical (unpaired) electrons. The van der Waals surface area contributed by atoms with Gasteiger partial charge in [-0.05, 0) is 32.3 Å². The molecule has 0 unspecified atom stereocenters. The average molecular weight is 515 g/mol. The molecule has 1 saturated heterocycles. The molecule has 1 N–H and O–H groups in total. The van der Waals surface area contributed by atoms with Crippen LogP contribution in [-0.2, 0) is 27.3 Å². The summed E-state index contributed by atoms with van der Waals surface area (Å²) in [5.74, 6) is 6.71. The average Bonchev–Trinajstić information content (AvgIpc) is 3.29. The van der Waals surface area contributed by atoms with E-state index < -0.39 is 5.97 Å². The number of piperazine rings is 1. The predicted molar refractivity (Wildman–Crippen MR) is 139 cm³/mol. The standard InChI is InChI=1S/C28H38N2O7/c1-20(8-10-24(32)34-3)7-9-22-26(35-4)21(2)23-19-37-28(33)25(23)27(22)36-18-6-5-11-29-12-14-30(15-13-29)16-17-31/h7,31H,8-19H2,1-4H3/b20-7+. The van der Waals surface area contributed by atoms with E-state index in [9.17, 15) is 9.59 Å². The number of esters is 2. The molecule has 0 bridgehead atoms. The van der Waals surface area contributed by atoms with Gasteiger partial charge in [0.2, 0.25) is 0 Å². The molecule has 0 aromatic heterocycles. The van der Waals surface area contributed by atoms with Crippen molar-refractivity contribution >= 4 is 11.9 Å². The molecule has 9 heteroatoms. The molecule has 2 aliphatic rings. The second-order valence-corrected chi connectivity index (χ2v) is 9.21. The molecular weight excluding hydrogens is 476 g/mol. The summed E-state index contributed by atoms with van der Waals surface area (Å²) in [7, 11) is 2.98. The van der Waals surface area contributed by atoms with Gasteiger partial charge in [0, 0.05) is 50.3 Å². The molecule has 1 fully saturated rings. The second kappa shape index (κ2) is 14.0. The maximum atomic E-state index is 12.6. The number of aliphatic hydroxyl groups excluding tert-OH is 1. The van der Waals surface area contributed by atoms with Gasteiger partial charge in [0.15, 0.2) is 0 Å². The molecule has 2 heterocycles. The van der Waals surface area contributed by atoms with Crippen molar-refractivity contribution in [3.8, 4) is 23.3 Å². The summed E-state index contributed by atoms with van der Waals surface area (Å²) in [5, 5.41) is 9.09. The summed E-state index contributed by atoms with van der Waals surface area (Å²) in [6.07, 6.45) is 3.37. The van der Waals surface area contributed by atoms with Crippen LogP contribution in [-0.4, -0.2) is 93.5 Å². The summed E-state index contributed by atoms with van der Waals surface area (Å²) >= 11 is 0. The molecule has 0 aliphatic carbocycles. The molecule has 3 rings (SSSR count). The third-order valence-electron chi connectivity index (χ3n) is 6.83. The molecule has 1 aromatic rings. The fourth-order valence-corrected chi connectivity index (χ4v) is 4.59. The van der Waals surface area contributed by atoms with Crippen LogP contribution in [0.25, 0.3) is 0 Å². The van der Waals surface area contributed by atoms with Crippen molar-refractivity contribution in [1.29, 1.82) is 0 Å². The van der Waals surface area contributed by atoms with Gasteiger partial charge < -0.3 is 24.1 Å². The summed E-state index contributed by atoms with van der Waals surface area (Å²) in [4.78, 5) is 28.7. The highest BCUT2D eigenvalue weighted by Gasteiger charge is 2.33. The van der Waals surface area contributed by atoms with Crippen molar-refractivity contribution in [3.05, 3.63) is 33.9 Å². The summed E-state index contributed by atoms with van der Waals surface area (Å²) in [6.45, 7) is 9.40. The summed E-state index contributed by atoms with van der Waals surface area (Å²) < 4.78 is 21.9. The molecule has 9 nitrogen and oxygen atoms in total. The first-order valence-corrected chi connectivity index (χ1v) is 12.7. The van der Waals surface area contributed by atoms with Crippen LogP contribution in [0.2, 0.25) is 0 Å². The number of β-amino-alcohol motifs (C(OH)–C–C–N with tert-alkyl or cyclic N) is 1. The van der Waals surface area contributed by atoms with E-state index in [-0.39, 0.29) is 25.8 Å². The molecule has 0 amide bonds. The van der Waals surface area contributed by atoms with Crippen LogP contribution in [0.15, 0.2) is 11.6 Å². The van der Waals surface area contributed by atoms with E-state index in [2.05, 4.69) is 21.6 Å². The lowest BCUT2D eigenvalue weighted by atomic mass is 9.94. The van der Waals surface area contributed by atoms with Crippen molar-refractivity contribution in [2.45, 2.75) is 39.7 Å². The van der Waals surface area contributed by atoms with Gasteiger partial charge in [0.1, 0.15) is 30.3 Å². The number of benzene rings is 1. The van der Waals surface area contributed by atoms with Crippen LogP contribution < -0.4 is 9.47 Å². The third-order valence-corrected chi connectivity index (χ3v) is 6.83. The van der Waals surface area contributed by atoms with Crippen LogP contribution >= 0.6 is 0 Å². The van der Waals surface area contributed by atoms with Crippen LogP contribution in [0, 0.1) is 18.8 Å². The van der Waals surface area contributed by atoms with Crippen LogP contribution in [0.1, 0.15) is 46.8 Å². The Bertz CT molecular complexity index is 1060. The predicted octanol–water partition coefficient (Wildman–Crippen LogP) is 2.11. The van der Waals surface area contributed by atoms with Gasteiger partial charge in [0.05, 0.1) is 27.4 Å². The van der Waals surface area contributed by atoms with Crippen LogP contribution in [0.4, 0.5) is 0 Å². The Morgan fingerprint density at radius 3 is 2.51 bits per heavy atom. The highest BCUT2D eigenvalue weighted by Crippen LogP contribution is 2.42. The number of fused-ring (bicyclic) bond motifs is 1. The SMILES string of the molecule is COC(=O)CC/C(C)=C/Cc1c(OC)c(C)c2c(c1OCC#CCN1CCN(CCO)CC1)C(=O)OC2. The van der Waals surface area contributed by atoms with Gasteiger partial charge in [-0.25, -0.2) is 4.79 Å². The first kappa shape index (κ1) is 28.5. The Morgan fingerprint density at radius 1 is 1.11 bits per heavy atom. The summed E-state index contributed by atoms with van der Waals surface area (Å²) in [6, 6.07) is 0. The molecule has 202 valence electrons. The highest BCUT2D eigenvalue weighted by atomic mass is 16.5. The van der Waals surface area contributed by atoms with Crippen LogP contribution in [0.3, 0.4) is 0 Å². The number of nitrogens with zero attached hydrogens (tertiary/aromatic N) is 2. The monoisotopic (exact) mass is 514 g/mol. The number of carbonyl (C=O) groups is 2. The van der Waals surface area contributed by atoms with Gasteiger partial charge in [-0.1, -0.05) is 23.5 Å². The van der Waals surface area contributed by atoms with Gasteiger partial charge in [-0.15, -0.1) is 0 Å². The number of rotatable bonds is 11. The summed E-state index contributed by atoms with van der Waals surface area (Å²) in [5.41, 5.74) is 3.86. The molecule has 1 aromatic carbocycles. The van der Waals surface area contributed by atoms with Crippen molar-refractivity contribution in [2.24, 2.45) is 0 Å². The van der Waals surface area contributed by atoms with Gasteiger partial charge in [-0.2, -0.15) is 0 Å². The minimum Gasteiger partial charge on any atom is -0.496 e. The smallest absolute Gasteiger partial charge is 0.342 e. The lowest BCUT2D eigenvalue weighted by molar-refractivity contribution is -0.140. The number of hydrogen-bond donors (Lipinski definition) is 1. The number of methoxy groups -OCH3 is 2. The Kier molecular flexibility index (Phi) is 10.8. The number of hydrogen-bond acceptors (Lipinski definition) is 9. The zero-order chi connectivity index (χ0) is 26.8.